The maximum atomic E-state index is 13.9. The van der Waals surface area contributed by atoms with E-state index in [1.54, 1.807) is 18.5 Å². The number of anilines is 1. The van der Waals surface area contributed by atoms with Crippen molar-refractivity contribution in [2.75, 3.05) is 5.32 Å². The topological polar surface area (TPSA) is 50.7 Å². The molecule has 4 nitrogen and oxygen atoms in total. The Bertz CT molecular complexity index is 1210. The van der Waals surface area contributed by atoms with Gasteiger partial charge < -0.3 is 5.32 Å². The largest absolute Gasteiger partial charge is 0.350 e. The Kier molecular flexibility index (Phi) is 4.67. The second-order valence-electron chi connectivity index (χ2n) is 7.30. The van der Waals surface area contributed by atoms with E-state index in [1.807, 2.05) is 42.6 Å². The number of halogens is 2. The highest BCUT2D eigenvalue weighted by Crippen LogP contribution is 2.42. The first-order valence-corrected chi connectivity index (χ1v) is 9.72. The van der Waals surface area contributed by atoms with Gasteiger partial charge in [-0.3, -0.25) is 4.98 Å². The molecule has 1 atom stereocenters. The second kappa shape index (κ2) is 7.63. The Morgan fingerprint density at radius 1 is 0.967 bits per heavy atom. The van der Waals surface area contributed by atoms with Crippen LogP contribution >= 0.6 is 0 Å². The van der Waals surface area contributed by atoms with E-state index < -0.39 is 11.6 Å². The van der Waals surface area contributed by atoms with Crippen LogP contribution in [0.2, 0.25) is 0 Å². The highest BCUT2D eigenvalue weighted by Gasteiger charge is 2.28. The second-order valence-corrected chi connectivity index (χ2v) is 7.30. The summed E-state index contributed by atoms with van der Waals surface area (Å²) in [5, 5.41) is 3.24. The van der Waals surface area contributed by atoms with E-state index in [0.717, 1.165) is 33.5 Å². The van der Waals surface area contributed by atoms with Gasteiger partial charge >= 0.3 is 0 Å². The van der Waals surface area contributed by atoms with Crippen LogP contribution in [0.5, 0.6) is 0 Å². The smallest absolute Gasteiger partial charge is 0.223 e. The number of hydrogen-bond donors (Lipinski definition) is 1. The van der Waals surface area contributed by atoms with Crippen molar-refractivity contribution in [3.8, 4) is 11.3 Å². The third-order valence-electron chi connectivity index (χ3n) is 5.40. The van der Waals surface area contributed by atoms with E-state index in [0.29, 0.717) is 18.9 Å². The maximum Gasteiger partial charge on any atom is 0.223 e. The number of nitrogens with zero attached hydrogens (tertiary/aromatic N) is 3. The molecule has 0 saturated heterocycles. The zero-order valence-corrected chi connectivity index (χ0v) is 16.0. The van der Waals surface area contributed by atoms with Gasteiger partial charge in [0.15, 0.2) is 11.6 Å². The molecule has 1 aliphatic carbocycles. The highest BCUT2D eigenvalue weighted by molar-refractivity contribution is 5.72. The molecular formula is C24H18F2N4. The average Bonchev–Trinajstić information content (AvgIpc) is 2.79. The summed E-state index contributed by atoms with van der Waals surface area (Å²) in [6, 6.07) is 15.9. The van der Waals surface area contributed by atoms with Crippen LogP contribution in [0.1, 0.15) is 28.2 Å². The summed E-state index contributed by atoms with van der Waals surface area (Å²) in [7, 11) is 0. The van der Waals surface area contributed by atoms with Crippen LogP contribution in [-0.2, 0) is 13.0 Å². The number of aromatic nitrogens is 3. The molecule has 2 aromatic carbocycles. The van der Waals surface area contributed by atoms with Crippen molar-refractivity contribution in [2.45, 2.75) is 18.9 Å². The van der Waals surface area contributed by atoms with Gasteiger partial charge in [0.25, 0.3) is 0 Å². The van der Waals surface area contributed by atoms with Crippen molar-refractivity contribution in [3.05, 3.63) is 107 Å². The van der Waals surface area contributed by atoms with Crippen molar-refractivity contribution >= 4 is 5.95 Å². The summed E-state index contributed by atoms with van der Waals surface area (Å²) in [6.45, 7) is 0.575. The Labute approximate surface area is 172 Å². The molecule has 0 radical (unpaired) electrons. The van der Waals surface area contributed by atoms with Crippen LogP contribution in [-0.4, -0.2) is 15.0 Å². The Morgan fingerprint density at radius 2 is 1.87 bits per heavy atom. The summed E-state index contributed by atoms with van der Waals surface area (Å²) in [5.41, 5.74) is 5.67. The molecule has 2 aromatic heterocycles. The third-order valence-corrected chi connectivity index (χ3v) is 5.40. The molecule has 6 heteroatoms. The molecule has 0 aliphatic heterocycles. The van der Waals surface area contributed by atoms with Gasteiger partial charge in [-0.15, -0.1) is 0 Å². The van der Waals surface area contributed by atoms with Gasteiger partial charge in [-0.05, 0) is 46.9 Å². The molecule has 5 rings (SSSR count). The van der Waals surface area contributed by atoms with E-state index in [9.17, 15) is 8.78 Å². The molecule has 0 bridgehead atoms. The van der Waals surface area contributed by atoms with Crippen molar-refractivity contribution in [1.29, 1.82) is 0 Å². The van der Waals surface area contributed by atoms with E-state index in [2.05, 4.69) is 15.3 Å². The number of benzene rings is 2. The molecule has 0 amide bonds. The molecule has 1 unspecified atom stereocenters. The third kappa shape index (κ3) is 3.41. The molecular weight excluding hydrogens is 382 g/mol. The number of pyridine rings is 1. The fraction of sp³-hybridized carbons (Fsp3) is 0.125. The zero-order valence-electron chi connectivity index (χ0n) is 16.0. The van der Waals surface area contributed by atoms with Gasteiger partial charge in [-0.1, -0.05) is 36.4 Å². The summed E-state index contributed by atoms with van der Waals surface area (Å²) < 4.78 is 27.3. The fourth-order valence-electron chi connectivity index (χ4n) is 3.93. The van der Waals surface area contributed by atoms with Crippen molar-refractivity contribution in [1.82, 2.24) is 15.0 Å². The van der Waals surface area contributed by atoms with E-state index in [1.165, 1.54) is 12.1 Å². The van der Waals surface area contributed by atoms with E-state index in [-0.39, 0.29) is 5.92 Å². The first kappa shape index (κ1) is 18.4. The Hall–Kier alpha value is -3.67. The monoisotopic (exact) mass is 400 g/mol. The van der Waals surface area contributed by atoms with E-state index in [4.69, 9.17) is 4.98 Å². The zero-order chi connectivity index (χ0) is 20.5. The summed E-state index contributed by atoms with van der Waals surface area (Å²) in [5.74, 6) is -1.21. The van der Waals surface area contributed by atoms with Crippen LogP contribution in [0.3, 0.4) is 0 Å². The van der Waals surface area contributed by atoms with Crippen molar-refractivity contribution < 1.29 is 8.78 Å². The van der Waals surface area contributed by atoms with Crippen LogP contribution in [0.15, 0.2) is 73.2 Å². The fourth-order valence-corrected chi connectivity index (χ4v) is 3.93. The van der Waals surface area contributed by atoms with Crippen LogP contribution in [0.25, 0.3) is 11.3 Å². The lowest BCUT2D eigenvalue weighted by Gasteiger charge is -2.27. The standard InChI is InChI=1S/C24H18F2N4/c25-21-8-7-16(11-22(21)26)20-10-17-14-29-24(28-13-15-4-3-9-27-12-15)30-23(17)19-6-2-1-5-18(19)20/h1-9,11-12,14,20H,10,13H2,(H,28,29,30). The first-order valence-electron chi connectivity index (χ1n) is 9.72. The lowest BCUT2D eigenvalue weighted by Crippen LogP contribution is -2.15. The van der Waals surface area contributed by atoms with Crippen molar-refractivity contribution in [2.24, 2.45) is 0 Å². The minimum Gasteiger partial charge on any atom is -0.350 e. The summed E-state index contributed by atoms with van der Waals surface area (Å²) in [6.07, 6.45) is 5.98. The minimum atomic E-state index is -0.837. The molecule has 148 valence electrons. The van der Waals surface area contributed by atoms with Crippen LogP contribution in [0, 0.1) is 11.6 Å². The van der Waals surface area contributed by atoms with Gasteiger partial charge in [0.2, 0.25) is 5.95 Å². The van der Waals surface area contributed by atoms with E-state index >= 15 is 0 Å². The van der Waals surface area contributed by atoms with Gasteiger partial charge in [0.05, 0.1) is 5.69 Å². The molecule has 0 spiro atoms. The SMILES string of the molecule is Fc1ccc(C2Cc3cnc(NCc4cccnc4)nc3-c3ccccc32)cc1F. The van der Waals surface area contributed by atoms with Crippen molar-refractivity contribution in [3.63, 3.8) is 0 Å². The maximum absolute atomic E-state index is 13.9. The molecule has 30 heavy (non-hydrogen) atoms. The molecule has 1 aliphatic rings. The van der Waals surface area contributed by atoms with Gasteiger partial charge in [-0.25, -0.2) is 18.7 Å². The lowest BCUT2D eigenvalue weighted by molar-refractivity contribution is 0.506. The highest BCUT2D eigenvalue weighted by atomic mass is 19.2. The molecule has 0 fully saturated rings. The predicted octanol–water partition coefficient (Wildman–Crippen LogP) is 5.12. The van der Waals surface area contributed by atoms with Gasteiger partial charge in [0.1, 0.15) is 0 Å². The number of hydrogen-bond acceptors (Lipinski definition) is 4. The minimum absolute atomic E-state index is 0.0818. The summed E-state index contributed by atoms with van der Waals surface area (Å²) >= 11 is 0. The number of nitrogens with one attached hydrogen (secondary N) is 1. The number of fused-ring (bicyclic) bond motifs is 3. The Morgan fingerprint density at radius 3 is 2.70 bits per heavy atom. The summed E-state index contributed by atoms with van der Waals surface area (Å²) in [4.78, 5) is 13.3. The quantitative estimate of drug-likeness (QED) is 0.517. The number of rotatable bonds is 4. The first-order chi connectivity index (χ1) is 14.7. The molecule has 4 aromatic rings. The predicted molar refractivity (Wildman–Crippen MR) is 111 cm³/mol. The van der Waals surface area contributed by atoms with Crippen LogP contribution in [0.4, 0.5) is 14.7 Å². The molecule has 1 N–H and O–H groups in total. The lowest BCUT2D eigenvalue weighted by atomic mass is 9.78. The Balaban J connectivity index is 1.49. The average molecular weight is 400 g/mol. The van der Waals surface area contributed by atoms with Gasteiger partial charge in [-0.2, -0.15) is 0 Å². The van der Waals surface area contributed by atoms with Crippen LogP contribution < -0.4 is 5.32 Å². The van der Waals surface area contributed by atoms with Gasteiger partial charge in [0, 0.05) is 36.6 Å². The molecule has 2 heterocycles. The normalized spacial score (nSPS) is 14.7. The molecule has 0 saturated carbocycles.